The molecule has 0 radical (unpaired) electrons. The molecule has 0 N–H and O–H groups in total. The number of hydrogen-bond acceptors (Lipinski definition) is 6. The molecule has 0 atom stereocenters. The fourth-order valence-corrected chi connectivity index (χ4v) is 3.82. The number of anilines is 1. The first kappa shape index (κ1) is 23.3. The molecule has 1 aliphatic heterocycles. The van der Waals surface area contributed by atoms with E-state index >= 15 is 0 Å². The van der Waals surface area contributed by atoms with Crippen molar-refractivity contribution in [1.82, 2.24) is 9.88 Å². The van der Waals surface area contributed by atoms with E-state index in [1.165, 1.54) is 5.69 Å². The van der Waals surface area contributed by atoms with Crippen LogP contribution < -0.4 is 9.64 Å². The summed E-state index contributed by atoms with van der Waals surface area (Å²) in [5, 5.41) is 4.29. The van der Waals surface area contributed by atoms with Crippen LogP contribution in [0.1, 0.15) is 24.5 Å². The van der Waals surface area contributed by atoms with Gasteiger partial charge in [-0.25, -0.2) is 0 Å². The number of carbonyl (C=O) groups excluding carboxylic acids is 1. The van der Waals surface area contributed by atoms with Crippen molar-refractivity contribution in [3.63, 3.8) is 0 Å². The van der Waals surface area contributed by atoms with Gasteiger partial charge in [-0.05, 0) is 66.1 Å². The minimum Gasteiger partial charge on any atom is -0.484 e. The van der Waals surface area contributed by atoms with Crippen molar-refractivity contribution in [2.24, 2.45) is 5.16 Å². The topological polar surface area (TPSA) is 67.3 Å². The number of oxime groups is 1. The lowest BCUT2D eigenvalue weighted by molar-refractivity contribution is -0.133. The van der Waals surface area contributed by atoms with Gasteiger partial charge in [-0.1, -0.05) is 30.3 Å². The number of rotatable bonds is 9. The predicted molar refractivity (Wildman–Crippen MR) is 133 cm³/mol. The van der Waals surface area contributed by atoms with Crippen molar-refractivity contribution in [2.75, 3.05) is 37.7 Å². The molecule has 34 heavy (non-hydrogen) atoms. The maximum atomic E-state index is 12.6. The molecule has 0 aliphatic carbocycles. The molecule has 1 aromatic heterocycles. The van der Waals surface area contributed by atoms with E-state index in [2.05, 4.69) is 27.2 Å². The maximum absolute atomic E-state index is 12.6. The Morgan fingerprint density at radius 2 is 1.65 bits per heavy atom. The van der Waals surface area contributed by atoms with Crippen LogP contribution in [0.3, 0.4) is 0 Å². The van der Waals surface area contributed by atoms with Crippen molar-refractivity contribution in [3.05, 3.63) is 90.3 Å². The number of aromatic nitrogens is 1. The number of benzene rings is 2. The summed E-state index contributed by atoms with van der Waals surface area (Å²) in [5.74, 6) is 0.672. The van der Waals surface area contributed by atoms with Crippen molar-refractivity contribution in [1.29, 1.82) is 0 Å². The van der Waals surface area contributed by atoms with Gasteiger partial charge in [-0.3, -0.25) is 9.78 Å². The lowest BCUT2D eigenvalue weighted by atomic mass is 10.1. The Balaban J connectivity index is 1.24. The molecule has 2 heterocycles. The summed E-state index contributed by atoms with van der Waals surface area (Å²) in [5.41, 5.74) is 4.04. The Morgan fingerprint density at radius 3 is 2.32 bits per heavy atom. The SMILES string of the molecule is CCC(=NOCc1ccncc1)c1ccc(OCC(=O)N2CCN(c3ccccc3)CC2)cc1. The molecule has 7 nitrogen and oxygen atoms in total. The summed E-state index contributed by atoms with van der Waals surface area (Å²) < 4.78 is 5.76. The molecule has 2 aromatic carbocycles. The third kappa shape index (κ3) is 6.34. The normalized spacial score (nSPS) is 14.1. The second-order valence-electron chi connectivity index (χ2n) is 8.04. The zero-order valence-corrected chi connectivity index (χ0v) is 19.5. The van der Waals surface area contributed by atoms with E-state index in [1.807, 2.05) is 66.4 Å². The molecule has 0 unspecified atom stereocenters. The van der Waals surface area contributed by atoms with Gasteiger partial charge < -0.3 is 19.4 Å². The monoisotopic (exact) mass is 458 g/mol. The highest BCUT2D eigenvalue weighted by atomic mass is 16.6. The smallest absolute Gasteiger partial charge is 0.260 e. The lowest BCUT2D eigenvalue weighted by Crippen LogP contribution is -2.50. The van der Waals surface area contributed by atoms with Gasteiger partial charge in [0, 0.05) is 44.3 Å². The Morgan fingerprint density at radius 1 is 0.941 bits per heavy atom. The average molecular weight is 459 g/mol. The zero-order chi connectivity index (χ0) is 23.6. The number of hydrogen-bond donors (Lipinski definition) is 0. The summed E-state index contributed by atoms with van der Waals surface area (Å²) >= 11 is 0. The third-order valence-corrected chi connectivity index (χ3v) is 5.79. The van der Waals surface area contributed by atoms with Crippen LogP contribution in [0.25, 0.3) is 0 Å². The number of piperazine rings is 1. The number of para-hydroxylation sites is 1. The van der Waals surface area contributed by atoms with E-state index in [9.17, 15) is 4.79 Å². The number of pyridine rings is 1. The van der Waals surface area contributed by atoms with Gasteiger partial charge in [0.25, 0.3) is 5.91 Å². The number of carbonyl (C=O) groups is 1. The average Bonchev–Trinajstić information content (AvgIpc) is 2.91. The Bertz CT molecular complexity index is 1060. The van der Waals surface area contributed by atoms with Crippen LogP contribution in [0.5, 0.6) is 5.75 Å². The van der Waals surface area contributed by atoms with Crippen LogP contribution in [0.2, 0.25) is 0 Å². The number of nitrogens with zero attached hydrogens (tertiary/aromatic N) is 4. The van der Waals surface area contributed by atoms with Crippen LogP contribution in [0, 0.1) is 0 Å². The van der Waals surface area contributed by atoms with Crippen molar-refractivity contribution < 1.29 is 14.4 Å². The van der Waals surface area contributed by atoms with E-state index in [4.69, 9.17) is 9.57 Å². The van der Waals surface area contributed by atoms with Crippen LogP contribution in [-0.2, 0) is 16.2 Å². The molecular formula is C27H30N4O3. The van der Waals surface area contributed by atoms with Gasteiger partial charge in [0.1, 0.15) is 12.4 Å². The van der Waals surface area contributed by atoms with E-state index < -0.39 is 0 Å². The molecule has 4 rings (SSSR count). The molecule has 0 spiro atoms. The molecule has 176 valence electrons. The maximum Gasteiger partial charge on any atom is 0.260 e. The predicted octanol–water partition coefficient (Wildman–Crippen LogP) is 4.14. The van der Waals surface area contributed by atoms with E-state index in [0.29, 0.717) is 25.4 Å². The van der Waals surface area contributed by atoms with Crippen molar-refractivity contribution in [3.8, 4) is 5.75 Å². The Hall–Kier alpha value is -3.87. The van der Waals surface area contributed by atoms with E-state index in [1.54, 1.807) is 12.4 Å². The van der Waals surface area contributed by atoms with Crippen LogP contribution in [0.4, 0.5) is 5.69 Å². The summed E-state index contributed by atoms with van der Waals surface area (Å²) in [4.78, 5) is 26.3. The van der Waals surface area contributed by atoms with Gasteiger partial charge in [0.2, 0.25) is 0 Å². The highest BCUT2D eigenvalue weighted by molar-refractivity contribution is 6.00. The van der Waals surface area contributed by atoms with Crippen LogP contribution in [-0.4, -0.2) is 54.3 Å². The second-order valence-corrected chi connectivity index (χ2v) is 8.04. The van der Waals surface area contributed by atoms with E-state index in [0.717, 1.165) is 36.3 Å². The number of ether oxygens (including phenoxy) is 1. The molecule has 0 saturated carbocycles. The van der Waals surface area contributed by atoms with Crippen molar-refractivity contribution in [2.45, 2.75) is 20.0 Å². The number of amides is 1. The fourth-order valence-electron chi connectivity index (χ4n) is 3.82. The third-order valence-electron chi connectivity index (χ3n) is 5.79. The first-order chi connectivity index (χ1) is 16.7. The molecule has 1 saturated heterocycles. The molecule has 1 amide bonds. The highest BCUT2D eigenvalue weighted by Crippen LogP contribution is 2.17. The summed E-state index contributed by atoms with van der Waals surface area (Å²) in [6.45, 7) is 5.52. The van der Waals surface area contributed by atoms with Crippen LogP contribution >= 0.6 is 0 Å². The fraction of sp³-hybridized carbons (Fsp3) is 0.296. The Kier molecular flexibility index (Phi) is 8.11. The summed E-state index contributed by atoms with van der Waals surface area (Å²) in [7, 11) is 0. The lowest BCUT2D eigenvalue weighted by Gasteiger charge is -2.36. The molecule has 7 heteroatoms. The molecule has 3 aromatic rings. The minimum atomic E-state index is 0.0112. The molecular weight excluding hydrogens is 428 g/mol. The largest absolute Gasteiger partial charge is 0.484 e. The van der Waals surface area contributed by atoms with Crippen molar-refractivity contribution >= 4 is 17.3 Å². The summed E-state index contributed by atoms with van der Waals surface area (Å²) in [6.07, 6.45) is 4.21. The molecule has 1 fully saturated rings. The molecule has 0 bridgehead atoms. The highest BCUT2D eigenvalue weighted by Gasteiger charge is 2.21. The van der Waals surface area contributed by atoms with Crippen LogP contribution in [0.15, 0.2) is 84.3 Å². The van der Waals surface area contributed by atoms with Gasteiger partial charge >= 0.3 is 0 Å². The zero-order valence-electron chi connectivity index (χ0n) is 19.5. The standard InChI is InChI=1S/C27H30N4O3/c1-2-26(29-34-20-22-12-14-28-15-13-22)23-8-10-25(11-9-23)33-21-27(32)31-18-16-30(17-19-31)24-6-4-3-5-7-24/h3-15H,2,16-21H2,1H3. The summed E-state index contributed by atoms with van der Waals surface area (Å²) in [6, 6.07) is 21.7. The van der Waals surface area contributed by atoms with Gasteiger partial charge in [-0.15, -0.1) is 0 Å². The molecule has 1 aliphatic rings. The van der Waals surface area contributed by atoms with Gasteiger partial charge in [0.05, 0.1) is 5.71 Å². The van der Waals surface area contributed by atoms with E-state index in [-0.39, 0.29) is 12.5 Å². The first-order valence-corrected chi connectivity index (χ1v) is 11.6. The quantitative estimate of drug-likeness (QED) is 0.356. The minimum absolute atomic E-state index is 0.0112. The van der Waals surface area contributed by atoms with Gasteiger partial charge in [0.15, 0.2) is 6.61 Å². The Labute approximate surface area is 200 Å². The second kappa shape index (κ2) is 11.8. The first-order valence-electron chi connectivity index (χ1n) is 11.6. The van der Waals surface area contributed by atoms with Gasteiger partial charge in [-0.2, -0.15) is 0 Å².